The smallest absolute Gasteiger partial charge is 0.0654 e. The minimum atomic E-state index is -1.18. The number of hydrogen-bond donors (Lipinski definition) is 0. The van der Waals surface area contributed by atoms with Crippen molar-refractivity contribution in [1.29, 1.82) is 0 Å². The topological polar surface area (TPSA) is 44.0 Å². The van der Waals surface area contributed by atoms with Crippen LogP contribution in [0, 0.1) is 37.3 Å². The van der Waals surface area contributed by atoms with Gasteiger partial charge in [0, 0.05) is 0 Å². The zero-order valence-electron chi connectivity index (χ0n) is 57.8. The average molecular weight is 1500 g/mol. The van der Waals surface area contributed by atoms with Crippen LogP contribution >= 0.6 is 22.7 Å². The minimum Gasteiger partial charge on any atom is -0.0654 e. The van der Waals surface area contributed by atoms with Crippen LogP contribution in [0.15, 0.2) is 58.1 Å². The van der Waals surface area contributed by atoms with Crippen LogP contribution in [0.5, 0.6) is 0 Å². The average Bonchev–Trinajstić information content (AvgIpc) is 1.07. The number of hydrogen-bond acceptors (Lipinski definition) is 4. The normalized spacial score (nSPS) is 12.6. The SMILES string of the molecule is CCCCCCCCCCCCC(CCCCCCCCCC)CCCCn1c(=O)c(-c2ccc(C)[te]2)cc2c1cc(-c1ccc(-c3sc(-c4cc(F)c(C)s4)cc3F)[te]1)c(=O)n2CCCCC(CCCCCCCCCC)CCCCCCCCCCCC. The number of aromatic nitrogens is 2. The van der Waals surface area contributed by atoms with E-state index in [0.717, 1.165) is 71.0 Å². The van der Waals surface area contributed by atoms with Crippen LogP contribution in [-0.2, 0) is 13.1 Å². The van der Waals surface area contributed by atoms with Crippen molar-refractivity contribution in [1.82, 2.24) is 9.13 Å². The van der Waals surface area contributed by atoms with Crippen molar-refractivity contribution in [2.75, 3.05) is 0 Å². The van der Waals surface area contributed by atoms with Gasteiger partial charge in [-0.1, -0.05) is 207 Å². The van der Waals surface area contributed by atoms with Crippen molar-refractivity contribution in [3.8, 4) is 36.5 Å². The molecule has 6 rings (SSSR count). The summed E-state index contributed by atoms with van der Waals surface area (Å²) in [6, 6.07) is 15.8. The first-order valence-electron chi connectivity index (χ1n) is 37.6. The van der Waals surface area contributed by atoms with E-state index in [1.807, 2.05) is 6.07 Å². The van der Waals surface area contributed by atoms with Crippen LogP contribution in [-0.4, -0.2) is 50.0 Å². The molecule has 504 valence electrons. The summed E-state index contributed by atoms with van der Waals surface area (Å²) in [4.78, 5) is 33.6. The Morgan fingerprint density at radius 1 is 0.367 bits per heavy atom. The van der Waals surface area contributed by atoms with Crippen LogP contribution in [0.2, 0.25) is 0 Å². The summed E-state index contributed by atoms with van der Waals surface area (Å²) >= 11 is 0.883. The van der Waals surface area contributed by atoms with E-state index in [0.29, 0.717) is 28.4 Å². The molecule has 0 N–H and O–H groups in total. The van der Waals surface area contributed by atoms with Crippen LogP contribution < -0.4 is 11.1 Å². The second-order valence-corrected chi connectivity index (χ2v) is 36.4. The van der Waals surface area contributed by atoms with E-state index in [9.17, 15) is 4.39 Å². The van der Waals surface area contributed by atoms with Crippen LogP contribution in [0.3, 0.4) is 0 Å². The fraction of sp³-hybridized carbons (Fsp3) is 0.700. The number of rotatable bonds is 54. The van der Waals surface area contributed by atoms with Crippen LogP contribution in [0.1, 0.15) is 332 Å². The predicted octanol–water partition coefficient (Wildman–Crippen LogP) is 26.2. The van der Waals surface area contributed by atoms with Crippen LogP contribution in [0.25, 0.3) is 47.5 Å². The minimum absolute atomic E-state index is 0.0179. The Kier molecular flexibility index (Phi) is 39.5. The molecule has 0 saturated heterocycles. The Morgan fingerprint density at radius 3 is 1.02 bits per heavy atom. The van der Waals surface area contributed by atoms with E-state index in [1.165, 1.54) is 306 Å². The van der Waals surface area contributed by atoms with Gasteiger partial charge in [0.15, 0.2) is 0 Å². The molecule has 0 bridgehead atoms. The van der Waals surface area contributed by atoms with Crippen molar-refractivity contribution < 1.29 is 8.78 Å². The first kappa shape index (κ1) is 77.0. The predicted molar refractivity (Wildman–Crippen MR) is 395 cm³/mol. The number of aryl methyl sites for hydroxylation is 4. The standard InChI is InChI=1S/C80H124F2N2O2S2Te2/c1-7-11-15-19-23-27-29-33-37-41-49-65(47-39-35-31-25-21-17-13-9-3)51-43-45-57-83-72-60-68(76-55-56-77(90-76)78-70(82)62-74(88-78)73-61-69(81)64(6)87-73)80(86)84(71(72)59-67(79(83)85)75-54-53-63(5)89-75)58-46-44-52-66(48-40-36-32-26-22-18-14-10-4)50-42-38-34-30-28-24-20-16-12-8-2/h53-56,59-62,65-66H,7-52,57-58H2,1-6H3. The molecule has 90 heavy (non-hydrogen) atoms. The van der Waals surface area contributed by atoms with E-state index in [-0.39, 0.29) is 22.8 Å². The van der Waals surface area contributed by atoms with Crippen molar-refractivity contribution in [2.45, 2.75) is 350 Å². The molecule has 10 heteroatoms. The molecule has 0 aliphatic rings. The van der Waals surface area contributed by atoms with E-state index in [1.54, 1.807) is 13.0 Å². The third-order valence-corrected chi connectivity index (χ3v) is 28.6. The molecule has 0 aromatic carbocycles. The molecule has 0 saturated carbocycles. The van der Waals surface area contributed by atoms with E-state index in [4.69, 9.17) is 0 Å². The molecule has 2 unspecified atom stereocenters. The molecule has 6 heterocycles. The van der Waals surface area contributed by atoms with Gasteiger partial charge in [0.1, 0.15) is 0 Å². The van der Waals surface area contributed by atoms with Gasteiger partial charge < -0.3 is 0 Å². The van der Waals surface area contributed by atoms with Crippen molar-refractivity contribution in [3.05, 3.63) is 89.3 Å². The number of nitrogens with zero attached hydrogens (tertiary/aromatic N) is 2. The molecule has 0 amide bonds. The summed E-state index contributed by atoms with van der Waals surface area (Å²) in [6.45, 7) is 14.4. The first-order valence-corrected chi connectivity index (χ1v) is 43.9. The van der Waals surface area contributed by atoms with Crippen molar-refractivity contribution >= 4 is 74.6 Å². The van der Waals surface area contributed by atoms with E-state index < -0.39 is 40.9 Å². The molecule has 2 atom stereocenters. The molecule has 0 fully saturated rings. The van der Waals surface area contributed by atoms with Gasteiger partial charge in [-0.15, -0.1) is 0 Å². The molecule has 0 spiro atoms. The maximum atomic E-state index is 16.0. The molecular formula is C80H124F2N2O2S2Te2. The Hall–Kier alpha value is -2.04. The summed E-state index contributed by atoms with van der Waals surface area (Å²) in [5.74, 6) is 0.918. The molecule has 6 aromatic rings. The van der Waals surface area contributed by atoms with Crippen molar-refractivity contribution in [2.24, 2.45) is 11.8 Å². The third kappa shape index (κ3) is 27.6. The summed E-state index contributed by atoms with van der Waals surface area (Å²) in [5, 5.41) is 0. The fourth-order valence-corrected chi connectivity index (χ4v) is 21.7. The Balaban J connectivity index is 1.26. The summed E-state index contributed by atoms with van der Waals surface area (Å²) < 4.78 is 39.3. The number of pyridine rings is 2. The quantitative estimate of drug-likeness (QED) is 0.0282. The second kappa shape index (κ2) is 46.2. The Bertz CT molecular complexity index is 2960. The molecular weight excluding hydrogens is 1380 g/mol. The fourth-order valence-electron chi connectivity index (χ4n) is 14.0. The van der Waals surface area contributed by atoms with Gasteiger partial charge in [-0.3, -0.25) is 0 Å². The molecule has 6 aromatic heterocycles. The Morgan fingerprint density at radius 2 is 0.678 bits per heavy atom. The third-order valence-electron chi connectivity index (χ3n) is 19.6. The van der Waals surface area contributed by atoms with Gasteiger partial charge in [0.05, 0.1) is 0 Å². The molecule has 0 aliphatic carbocycles. The van der Waals surface area contributed by atoms with Gasteiger partial charge in [0.25, 0.3) is 0 Å². The second-order valence-electron chi connectivity index (χ2n) is 27.4. The number of unbranched alkanes of at least 4 members (excludes halogenated alkanes) is 34. The van der Waals surface area contributed by atoms with Gasteiger partial charge in [-0.25, -0.2) is 0 Å². The number of fused-ring (bicyclic) bond motifs is 1. The summed E-state index contributed by atoms with van der Waals surface area (Å²) in [6.07, 6.45) is 60.7. The van der Waals surface area contributed by atoms with Crippen molar-refractivity contribution in [3.63, 3.8) is 0 Å². The first-order chi connectivity index (χ1) is 44.1. The summed E-state index contributed by atoms with van der Waals surface area (Å²) in [7, 11) is 0. The Labute approximate surface area is 575 Å². The van der Waals surface area contributed by atoms with Crippen LogP contribution in [0.4, 0.5) is 8.78 Å². The molecule has 0 radical (unpaired) electrons. The van der Waals surface area contributed by atoms with Gasteiger partial charge in [-0.2, -0.15) is 0 Å². The van der Waals surface area contributed by atoms with E-state index >= 15 is 14.0 Å². The zero-order chi connectivity index (χ0) is 64.0. The number of halogens is 2. The van der Waals surface area contributed by atoms with Gasteiger partial charge in [0.2, 0.25) is 0 Å². The van der Waals surface area contributed by atoms with E-state index in [2.05, 4.69) is 74.1 Å². The molecule has 0 aliphatic heterocycles. The monoisotopic (exact) mass is 1510 g/mol. The molecule has 4 nitrogen and oxygen atoms in total. The van der Waals surface area contributed by atoms with Gasteiger partial charge >= 0.3 is 373 Å². The zero-order valence-corrected chi connectivity index (χ0v) is 64.1. The number of thiophene rings is 2. The summed E-state index contributed by atoms with van der Waals surface area (Å²) in [5.41, 5.74) is 3.33. The maximum absolute atomic E-state index is 16.0. The van der Waals surface area contributed by atoms with Gasteiger partial charge in [-0.05, 0) is 0 Å².